The van der Waals surface area contributed by atoms with Crippen LogP contribution in [0.3, 0.4) is 0 Å². The van der Waals surface area contributed by atoms with Gasteiger partial charge in [-0.3, -0.25) is 4.90 Å². The van der Waals surface area contributed by atoms with E-state index in [4.69, 9.17) is 5.73 Å². The zero-order valence-electron chi connectivity index (χ0n) is 11.0. The SMILES string of the molecule is CC(C)(N)CCCN(Cc1ccsc1)C1CC1. The normalized spacial score (nSPS) is 16.7. The Bertz CT molecular complexity index is 322. The molecule has 2 N–H and O–H groups in total. The van der Waals surface area contributed by atoms with Crippen molar-refractivity contribution in [3.63, 3.8) is 0 Å². The van der Waals surface area contributed by atoms with Crippen LogP contribution in [0.1, 0.15) is 45.1 Å². The van der Waals surface area contributed by atoms with Crippen molar-refractivity contribution in [2.75, 3.05) is 6.54 Å². The summed E-state index contributed by atoms with van der Waals surface area (Å²) in [5.41, 5.74) is 7.48. The molecule has 2 rings (SSSR count). The van der Waals surface area contributed by atoms with Crippen molar-refractivity contribution in [2.45, 2.75) is 57.7 Å². The van der Waals surface area contributed by atoms with Crippen molar-refractivity contribution in [1.82, 2.24) is 4.90 Å². The van der Waals surface area contributed by atoms with Crippen LogP contribution >= 0.6 is 11.3 Å². The fourth-order valence-corrected chi connectivity index (χ4v) is 2.85. The second-order valence-corrected chi connectivity index (χ2v) is 6.71. The maximum Gasteiger partial charge on any atom is 0.0244 e. The molecule has 0 amide bonds. The molecule has 0 aliphatic heterocycles. The van der Waals surface area contributed by atoms with E-state index < -0.39 is 0 Å². The van der Waals surface area contributed by atoms with Gasteiger partial charge in [0.15, 0.2) is 0 Å². The Balaban J connectivity index is 1.77. The first-order valence-corrected chi connectivity index (χ1v) is 7.53. The molecule has 96 valence electrons. The van der Waals surface area contributed by atoms with Gasteiger partial charge >= 0.3 is 0 Å². The fraction of sp³-hybridized carbons (Fsp3) is 0.714. The van der Waals surface area contributed by atoms with Gasteiger partial charge in [0.05, 0.1) is 0 Å². The smallest absolute Gasteiger partial charge is 0.0244 e. The Morgan fingerprint density at radius 3 is 2.76 bits per heavy atom. The highest BCUT2D eigenvalue weighted by Gasteiger charge is 2.28. The second-order valence-electron chi connectivity index (χ2n) is 5.93. The zero-order valence-corrected chi connectivity index (χ0v) is 11.8. The lowest BCUT2D eigenvalue weighted by molar-refractivity contribution is 0.241. The molecule has 1 fully saturated rings. The molecule has 1 aliphatic carbocycles. The van der Waals surface area contributed by atoms with E-state index >= 15 is 0 Å². The predicted octanol–water partition coefficient (Wildman–Crippen LogP) is 3.23. The number of nitrogens with zero attached hydrogens (tertiary/aromatic N) is 1. The number of nitrogens with two attached hydrogens (primary N) is 1. The number of rotatable bonds is 7. The summed E-state index contributed by atoms with van der Waals surface area (Å²) in [5.74, 6) is 0. The van der Waals surface area contributed by atoms with E-state index in [0.29, 0.717) is 0 Å². The van der Waals surface area contributed by atoms with Gasteiger partial charge in [-0.25, -0.2) is 0 Å². The van der Waals surface area contributed by atoms with Crippen LogP contribution < -0.4 is 5.73 Å². The quantitative estimate of drug-likeness (QED) is 0.807. The Morgan fingerprint density at radius 1 is 1.47 bits per heavy atom. The standard InChI is InChI=1S/C14H24N2S/c1-14(2,15)7-3-8-16(13-4-5-13)10-12-6-9-17-11-12/h6,9,11,13H,3-5,7-8,10,15H2,1-2H3. The van der Waals surface area contributed by atoms with Crippen LogP contribution in [0.5, 0.6) is 0 Å². The molecule has 0 saturated heterocycles. The van der Waals surface area contributed by atoms with Gasteiger partial charge in [0, 0.05) is 18.1 Å². The topological polar surface area (TPSA) is 29.3 Å². The molecule has 0 aromatic carbocycles. The Labute approximate surface area is 109 Å². The summed E-state index contributed by atoms with van der Waals surface area (Å²) in [4.78, 5) is 2.63. The summed E-state index contributed by atoms with van der Waals surface area (Å²) < 4.78 is 0. The summed E-state index contributed by atoms with van der Waals surface area (Å²) in [6.07, 6.45) is 5.09. The first-order valence-electron chi connectivity index (χ1n) is 6.59. The highest BCUT2D eigenvalue weighted by atomic mass is 32.1. The lowest BCUT2D eigenvalue weighted by Crippen LogP contribution is -2.34. The highest BCUT2D eigenvalue weighted by molar-refractivity contribution is 7.07. The average molecular weight is 252 g/mol. The maximum atomic E-state index is 6.03. The molecule has 0 atom stereocenters. The molecular formula is C14H24N2S. The van der Waals surface area contributed by atoms with Crippen molar-refractivity contribution in [3.05, 3.63) is 22.4 Å². The van der Waals surface area contributed by atoms with Crippen molar-refractivity contribution in [2.24, 2.45) is 5.73 Å². The zero-order chi connectivity index (χ0) is 12.3. The summed E-state index contributed by atoms with van der Waals surface area (Å²) in [6.45, 7) is 6.56. The van der Waals surface area contributed by atoms with Crippen LogP contribution in [0, 0.1) is 0 Å². The van der Waals surface area contributed by atoms with Crippen LogP contribution in [0.4, 0.5) is 0 Å². The Hall–Kier alpha value is -0.380. The minimum atomic E-state index is -0.0163. The predicted molar refractivity (Wildman–Crippen MR) is 75.3 cm³/mol. The lowest BCUT2D eigenvalue weighted by Gasteiger charge is -2.24. The van der Waals surface area contributed by atoms with Gasteiger partial charge in [-0.05, 0) is 68.5 Å². The number of thiophene rings is 1. The van der Waals surface area contributed by atoms with E-state index in [0.717, 1.165) is 19.0 Å². The molecule has 0 radical (unpaired) electrons. The molecule has 3 heteroatoms. The maximum absolute atomic E-state index is 6.03. The molecule has 0 bridgehead atoms. The first-order chi connectivity index (χ1) is 8.04. The van der Waals surface area contributed by atoms with Gasteiger partial charge in [0.25, 0.3) is 0 Å². The third-order valence-corrected chi connectivity index (χ3v) is 4.03. The molecule has 17 heavy (non-hydrogen) atoms. The van der Waals surface area contributed by atoms with E-state index in [1.54, 1.807) is 11.3 Å². The van der Waals surface area contributed by atoms with E-state index in [9.17, 15) is 0 Å². The van der Waals surface area contributed by atoms with E-state index in [1.807, 2.05) is 0 Å². The first kappa shape index (κ1) is 13.1. The summed E-state index contributed by atoms with van der Waals surface area (Å²) in [7, 11) is 0. The van der Waals surface area contributed by atoms with E-state index in [2.05, 4.69) is 35.6 Å². The molecule has 1 aromatic rings. The van der Waals surface area contributed by atoms with Gasteiger partial charge in [0.2, 0.25) is 0 Å². The van der Waals surface area contributed by atoms with Gasteiger partial charge in [-0.2, -0.15) is 11.3 Å². The number of hydrogen-bond acceptors (Lipinski definition) is 3. The minimum Gasteiger partial charge on any atom is -0.326 e. The Morgan fingerprint density at radius 2 is 2.24 bits per heavy atom. The molecule has 0 unspecified atom stereocenters. The van der Waals surface area contributed by atoms with Crippen LogP contribution in [0.15, 0.2) is 16.8 Å². The van der Waals surface area contributed by atoms with Crippen molar-refractivity contribution >= 4 is 11.3 Å². The van der Waals surface area contributed by atoms with Crippen LogP contribution in [-0.4, -0.2) is 23.0 Å². The van der Waals surface area contributed by atoms with Gasteiger partial charge in [-0.1, -0.05) is 0 Å². The van der Waals surface area contributed by atoms with E-state index in [-0.39, 0.29) is 5.54 Å². The molecule has 1 aromatic heterocycles. The third-order valence-electron chi connectivity index (χ3n) is 3.30. The summed E-state index contributed by atoms with van der Waals surface area (Å²) in [5, 5.41) is 4.44. The van der Waals surface area contributed by atoms with Crippen LogP contribution in [0.25, 0.3) is 0 Å². The second kappa shape index (κ2) is 5.51. The summed E-state index contributed by atoms with van der Waals surface area (Å²) in [6, 6.07) is 3.09. The van der Waals surface area contributed by atoms with Gasteiger partial charge in [0.1, 0.15) is 0 Å². The minimum absolute atomic E-state index is 0.0163. The van der Waals surface area contributed by atoms with Crippen LogP contribution in [0.2, 0.25) is 0 Å². The Kier molecular flexibility index (Phi) is 4.23. The highest BCUT2D eigenvalue weighted by Crippen LogP contribution is 2.29. The third kappa shape index (κ3) is 4.78. The molecule has 2 nitrogen and oxygen atoms in total. The molecule has 1 heterocycles. The largest absolute Gasteiger partial charge is 0.326 e. The number of hydrogen-bond donors (Lipinski definition) is 1. The van der Waals surface area contributed by atoms with Crippen LogP contribution in [-0.2, 0) is 6.54 Å². The van der Waals surface area contributed by atoms with Crippen molar-refractivity contribution in [3.8, 4) is 0 Å². The van der Waals surface area contributed by atoms with Gasteiger partial charge in [-0.15, -0.1) is 0 Å². The van der Waals surface area contributed by atoms with Crippen molar-refractivity contribution < 1.29 is 0 Å². The van der Waals surface area contributed by atoms with Gasteiger partial charge < -0.3 is 5.73 Å². The molecular weight excluding hydrogens is 228 g/mol. The van der Waals surface area contributed by atoms with E-state index in [1.165, 1.54) is 31.4 Å². The monoisotopic (exact) mass is 252 g/mol. The van der Waals surface area contributed by atoms with Crippen molar-refractivity contribution in [1.29, 1.82) is 0 Å². The molecule has 1 aliphatic rings. The average Bonchev–Trinajstić information content (AvgIpc) is 2.95. The lowest BCUT2D eigenvalue weighted by atomic mass is 10.00. The molecule has 1 saturated carbocycles. The summed E-state index contributed by atoms with van der Waals surface area (Å²) >= 11 is 1.80. The fourth-order valence-electron chi connectivity index (χ4n) is 2.19. The molecule has 0 spiro atoms.